The Hall–Kier alpha value is -1.31. The van der Waals surface area contributed by atoms with Gasteiger partial charge in [0.2, 0.25) is 0 Å². The van der Waals surface area contributed by atoms with Crippen LogP contribution in [0.5, 0.6) is 0 Å². The van der Waals surface area contributed by atoms with Gasteiger partial charge in [-0.1, -0.05) is 58.7 Å². The molecule has 0 radical (unpaired) electrons. The van der Waals surface area contributed by atoms with E-state index in [1.54, 1.807) is 0 Å². The number of hydrogen-bond acceptors (Lipinski definition) is 2. The van der Waals surface area contributed by atoms with Gasteiger partial charge >= 0.3 is 5.97 Å². The van der Waals surface area contributed by atoms with Crippen molar-refractivity contribution in [3.8, 4) is 0 Å². The van der Waals surface area contributed by atoms with Crippen molar-refractivity contribution in [3.63, 3.8) is 0 Å². The zero-order valence-electron chi connectivity index (χ0n) is 17.4. The van der Waals surface area contributed by atoms with Crippen LogP contribution in [0.25, 0.3) is 0 Å². The molecule has 0 aliphatic heterocycles. The first-order chi connectivity index (χ1) is 12.3. The third-order valence-corrected chi connectivity index (χ3v) is 7.24. The topological polar surface area (TPSA) is 26.3 Å². The van der Waals surface area contributed by atoms with Gasteiger partial charge in [-0.3, -0.25) is 4.79 Å². The van der Waals surface area contributed by atoms with Crippen molar-refractivity contribution < 1.29 is 9.53 Å². The van der Waals surface area contributed by atoms with E-state index in [0.29, 0.717) is 18.4 Å². The number of unbranched alkanes of at least 4 members (excludes halogenated alkanes) is 1. The summed E-state index contributed by atoms with van der Waals surface area (Å²) in [5.74, 6) is 0.996. The minimum absolute atomic E-state index is 0.0455. The van der Waals surface area contributed by atoms with Gasteiger partial charge in [-0.05, 0) is 73.0 Å². The highest BCUT2D eigenvalue weighted by Crippen LogP contribution is 2.57. The van der Waals surface area contributed by atoms with Crippen LogP contribution in [-0.2, 0) is 21.4 Å². The Morgan fingerprint density at radius 3 is 2.73 bits per heavy atom. The van der Waals surface area contributed by atoms with Gasteiger partial charge in [0, 0.05) is 0 Å². The quantitative estimate of drug-likeness (QED) is 0.466. The minimum atomic E-state index is -0.338. The van der Waals surface area contributed by atoms with Gasteiger partial charge in [-0.15, -0.1) is 0 Å². The van der Waals surface area contributed by atoms with Crippen LogP contribution in [0.2, 0.25) is 0 Å². The maximum Gasteiger partial charge on any atom is 0.312 e. The molecule has 1 aromatic carbocycles. The van der Waals surface area contributed by atoms with Crippen LogP contribution < -0.4 is 0 Å². The first-order valence-electron chi connectivity index (χ1n) is 10.6. The summed E-state index contributed by atoms with van der Waals surface area (Å²) in [5, 5.41) is 0. The maximum atomic E-state index is 13.0. The van der Waals surface area contributed by atoms with E-state index >= 15 is 0 Å². The molecule has 0 heterocycles. The van der Waals surface area contributed by atoms with E-state index in [2.05, 4.69) is 52.8 Å². The number of hydrogen-bond donors (Lipinski definition) is 0. The number of fused-ring (bicyclic) bond motifs is 3. The molecular weight excluding hydrogens is 320 g/mol. The molecule has 1 saturated carbocycles. The number of carbonyl (C=O) groups is 1. The van der Waals surface area contributed by atoms with E-state index in [4.69, 9.17) is 4.74 Å². The Bertz CT molecular complexity index is 662. The molecule has 0 unspecified atom stereocenters. The highest BCUT2D eigenvalue weighted by atomic mass is 16.5. The van der Waals surface area contributed by atoms with E-state index in [1.807, 2.05) is 0 Å². The Kier molecular flexibility index (Phi) is 5.51. The van der Waals surface area contributed by atoms with E-state index < -0.39 is 0 Å². The van der Waals surface area contributed by atoms with Gasteiger partial charge in [0.05, 0.1) is 12.0 Å². The molecule has 2 nitrogen and oxygen atoms in total. The van der Waals surface area contributed by atoms with Crippen LogP contribution in [0.3, 0.4) is 0 Å². The molecule has 0 N–H and O–H groups in total. The molecule has 0 amide bonds. The summed E-state index contributed by atoms with van der Waals surface area (Å²) in [6.07, 6.45) is 7.48. The van der Waals surface area contributed by atoms with E-state index in [1.165, 1.54) is 23.1 Å². The fraction of sp³-hybridized carbons (Fsp3) is 0.708. The van der Waals surface area contributed by atoms with Gasteiger partial charge in [-0.25, -0.2) is 0 Å². The lowest BCUT2D eigenvalue weighted by Crippen LogP contribution is -2.52. The molecule has 0 bridgehead atoms. The van der Waals surface area contributed by atoms with E-state index in [9.17, 15) is 4.79 Å². The van der Waals surface area contributed by atoms with Gasteiger partial charge in [0.25, 0.3) is 0 Å². The molecule has 0 saturated heterocycles. The second-order valence-corrected chi connectivity index (χ2v) is 9.34. The normalized spacial score (nSPS) is 30.6. The first-order valence-corrected chi connectivity index (χ1v) is 10.6. The van der Waals surface area contributed by atoms with Crippen molar-refractivity contribution in [1.82, 2.24) is 0 Å². The Morgan fingerprint density at radius 1 is 1.27 bits per heavy atom. The average molecular weight is 357 g/mol. The number of rotatable bonds is 5. The van der Waals surface area contributed by atoms with Gasteiger partial charge < -0.3 is 4.74 Å². The Balaban J connectivity index is 1.91. The summed E-state index contributed by atoms with van der Waals surface area (Å²) in [4.78, 5) is 13.0. The first kappa shape index (κ1) is 19.5. The third-order valence-electron chi connectivity index (χ3n) is 7.24. The molecule has 0 spiro atoms. The van der Waals surface area contributed by atoms with Crippen LogP contribution in [0, 0.1) is 11.3 Å². The fourth-order valence-corrected chi connectivity index (χ4v) is 5.59. The van der Waals surface area contributed by atoms with E-state index in [-0.39, 0.29) is 16.8 Å². The SMILES string of the molecule is CCCCOC(=O)[C@@]1(C)CCC[C@]2(C)c3ccc(C(C)C)cc3CC[C@@H]12. The van der Waals surface area contributed by atoms with Crippen molar-refractivity contribution in [2.45, 2.75) is 90.9 Å². The standard InChI is InChI=1S/C24H36O2/c1-6-7-15-26-22(25)24(5)14-8-13-23(4)20-11-9-18(17(2)3)16-19(20)10-12-21(23)24/h9,11,16-17,21H,6-8,10,12-15H2,1-5H3/t21-,23-,24+/m1/s1. The predicted octanol–water partition coefficient (Wildman–Crippen LogP) is 6.16. The van der Waals surface area contributed by atoms with Crippen LogP contribution >= 0.6 is 0 Å². The second kappa shape index (κ2) is 7.37. The van der Waals surface area contributed by atoms with Crippen molar-refractivity contribution in [2.75, 3.05) is 6.61 Å². The lowest BCUT2D eigenvalue weighted by atomic mass is 9.49. The molecule has 2 aliphatic carbocycles. The summed E-state index contributed by atoms with van der Waals surface area (Å²) in [6, 6.07) is 7.10. The molecule has 1 aromatic rings. The summed E-state index contributed by atoms with van der Waals surface area (Å²) in [6.45, 7) is 11.8. The summed E-state index contributed by atoms with van der Waals surface area (Å²) in [7, 11) is 0. The third kappa shape index (κ3) is 3.21. The number of esters is 1. The highest BCUT2D eigenvalue weighted by Gasteiger charge is 2.55. The monoisotopic (exact) mass is 356 g/mol. The highest BCUT2D eigenvalue weighted by molar-refractivity contribution is 5.77. The van der Waals surface area contributed by atoms with E-state index in [0.717, 1.165) is 38.5 Å². The van der Waals surface area contributed by atoms with Crippen molar-refractivity contribution >= 4 is 5.97 Å². The minimum Gasteiger partial charge on any atom is -0.465 e. The number of carbonyl (C=O) groups excluding carboxylic acids is 1. The van der Waals surface area contributed by atoms with Crippen LogP contribution in [-0.4, -0.2) is 12.6 Å². The molecule has 3 atom stereocenters. The lowest BCUT2D eigenvalue weighted by molar-refractivity contribution is -0.164. The predicted molar refractivity (Wildman–Crippen MR) is 108 cm³/mol. The Labute approximate surface area is 159 Å². The van der Waals surface area contributed by atoms with Gasteiger partial charge in [-0.2, -0.15) is 0 Å². The van der Waals surface area contributed by atoms with Crippen molar-refractivity contribution in [3.05, 3.63) is 34.9 Å². The molecule has 0 aromatic heterocycles. The molecule has 144 valence electrons. The summed E-state index contributed by atoms with van der Waals surface area (Å²) < 4.78 is 5.72. The second-order valence-electron chi connectivity index (χ2n) is 9.34. The van der Waals surface area contributed by atoms with Crippen LogP contribution in [0.15, 0.2) is 18.2 Å². The van der Waals surface area contributed by atoms with Crippen LogP contribution in [0.1, 0.15) is 95.8 Å². The maximum absolute atomic E-state index is 13.0. The Morgan fingerprint density at radius 2 is 2.04 bits per heavy atom. The zero-order valence-corrected chi connectivity index (χ0v) is 17.4. The summed E-state index contributed by atoms with van der Waals surface area (Å²) in [5.41, 5.74) is 4.20. The van der Waals surface area contributed by atoms with Crippen molar-refractivity contribution in [2.24, 2.45) is 11.3 Å². The molecule has 2 heteroatoms. The fourth-order valence-electron chi connectivity index (χ4n) is 5.59. The van der Waals surface area contributed by atoms with Gasteiger partial charge in [0.1, 0.15) is 0 Å². The molecule has 2 aliphatic rings. The molecule has 3 rings (SSSR count). The summed E-state index contributed by atoms with van der Waals surface area (Å²) >= 11 is 0. The van der Waals surface area contributed by atoms with Crippen LogP contribution in [0.4, 0.5) is 0 Å². The smallest absolute Gasteiger partial charge is 0.312 e. The molecule has 1 fully saturated rings. The molecular formula is C24H36O2. The van der Waals surface area contributed by atoms with Crippen molar-refractivity contribution in [1.29, 1.82) is 0 Å². The number of benzene rings is 1. The number of ether oxygens (including phenoxy) is 1. The lowest BCUT2D eigenvalue weighted by Gasteiger charge is -2.54. The van der Waals surface area contributed by atoms with Gasteiger partial charge in [0.15, 0.2) is 0 Å². The molecule has 26 heavy (non-hydrogen) atoms. The number of aryl methyl sites for hydroxylation is 1. The average Bonchev–Trinajstić information content (AvgIpc) is 2.61. The zero-order chi connectivity index (χ0) is 18.9. The largest absolute Gasteiger partial charge is 0.465 e.